The molecule has 1 aromatic rings. The minimum Gasteiger partial charge on any atom is -0.349 e. The van der Waals surface area contributed by atoms with Crippen molar-refractivity contribution < 1.29 is 4.79 Å². The first-order valence-corrected chi connectivity index (χ1v) is 6.10. The number of benzene rings is 1. The quantitative estimate of drug-likeness (QED) is 0.868. The van der Waals surface area contributed by atoms with Gasteiger partial charge in [0.05, 0.1) is 11.6 Å². The first kappa shape index (κ1) is 14.2. The fourth-order valence-corrected chi connectivity index (χ4v) is 2.21. The van der Waals surface area contributed by atoms with Crippen LogP contribution in [0.25, 0.3) is 0 Å². The topological polar surface area (TPSA) is 52.9 Å². The third kappa shape index (κ3) is 3.59. The summed E-state index contributed by atoms with van der Waals surface area (Å²) in [5, 5.41) is 11.7. The summed E-state index contributed by atoms with van der Waals surface area (Å²) >= 11 is 0. The Hall–Kier alpha value is -1.82. The average molecular weight is 244 g/mol. The Balaban J connectivity index is 0.00000162. The number of rotatable bonds is 2. The van der Waals surface area contributed by atoms with E-state index in [0.717, 1.165) is 12.8 Å². The van der Waals surface area contributed by atoms with Gasteiger partial charge in [0.1, 0.15) is 0 Å². The van der Waals surface area contributed by atoms with Gasteiger partial charge in [0, 0.05) is 11.6 Å². The summed E-state index contributed by atoms with van der Waals surface area (Å²) in [6.07, 6.45) is 5.86. The van der Waals surface area contributed by atoms with Crippen LogP contribution in [0.2, 0.25) is 0 Å². The molecule has 0 aromatic heterocycles. The van der Waals surface area contributed by atoms with Crippen LogP contribution in [0.4, 0.5) is 0 Å². The molecule has 96 valence electrons. The van der Waals surface area contributed by atoms with Crippen molar-refractivity contribution in [2.45, 2.75) is 45.6 Å². The number of hydrogen-bond donors (Lipinski definition) is 1. The van der Waals surface area contributed by atoms with E-state index < -0.39 is 0 Å². The van der Waals surface area contributed by atoms with Crippen molar-refractivity contribution in [2.24, 2.45) is 0 Å². The molecule has 0 aliphatic heterocycles. The number of amides is 1. The summed E-state index contributed by atoms with van der Waals surface area (Å²) in [5.74, 6) is -0.0265. The van der Waals surface area contributed by atoms with Crippen LogP contribution in [0.5, 0.6) is 0 Å². The smallest absolute Gasteiger partial charge is 0.251 e. The first-order valence-electron chi connectivity index (χ1n) is 6.10. The molecular weight excluding hydrogens is 224 g/mol. The van der Waals surface area contributed by atoms with Gasteiger partial charge in [-0.05, 0) is 37.1 Å². The van der Waals surface area contributed by atoms with Crippen LogP contribution >= 0.6 is 0 Å². The molecule has 0 saturated heterocycles. The molecule has 0 unspecified atom stereocenters. The fraction of sp³-hybridized carbons (Fsp3) is 0.467. The summed E-state index contributed by atoms with van der Waals surface area (Å²) in [6.45, 7) is 0. The predicted molar refractivity (Wildman–Crippen MR) is 72.2 cm³/mol. The number of carbonyl (C=O) groups excluding carboxylic acids is 1. The zero-order chi connectivity index (χ0) is 12.1. The van der Waals surface area contributed by atoms with Gasteiger partial charge in [-0.1, -0.05) is 26.7 Å². The number of nitriles is 1. The minimum absolute atomic E-state index is 0. The van der Waals surface area contributed by atoms with E-state index in [2.05, 4.69) is 5.32 Å². The number of nitrogens with one attached hydrogen (secondary N) is 1. The molecule has 0 heterocycles. The third-order valence-corrected chi connectivity index (χ3v) is 3.22. The van der Waals surface area contributed by atoms with E-state index in [0.29, 0.717) is 17.2 Å². The van der Waals surface area contributed by atoms with Crippen LogP contribution in [0.1, 0.15) is 55.5 Å². The fourth-order valence-electron chi connectivity index (χ4n) is 2.21. The molecule has 1 N–H and O–H groups in total. The molecule has 3 heteroatoms. The summed E-state index contributed by atoms with van der Waals surface area (Å²) in [6, 6.07) is 9.13. The average Bonchev–Trinajstić information content (AvgIpc) is 2.40. The van der Waals surface area contributed by atoms with Crippen molar-refractivity contribution in [1.29, 1.82) is 5.26 Å². The van der Waals surface area contributed by atoms with Gasteiger partial charge in [-0.15, -0.1) is 0 Å². The molecule has 1 aliphatic rings. The normalized spacial score (nSPS) is 15.3. The van der Waals surface area contributed by atoms with E-state index in [-0.39, 0.29) is 13.3 Å². The highest BCUT2D eigenvalue weighted by molar-refractivity contribution is 5.94. The Morgan fingerprint density at radius 1 is 1.17 bits per heavy atom. The lowest BCUT2D eigenvalue weighted by Gasteiger charge is -2.22. The van der Waals surface area contributed by atoms with Gasteiger partial charge in [0.25, 0.3) is 5.91 Å². The van der Waals surface area contributed by atoms with Crippen molar-refractivity contribution in [3.8, 4) is 6.07 Å². The van der Waals surface area contributed by atoms with Crippen LogP contribution in [0.3, 0.4) is 0 Å². The van der Waals surface area contributed by atoms with Gasteiger partial charge in [-0.25, -0.2) is 0 Å². The van der Waals surface area contributed by atoms with Crippen LogP contribution in [-0.2, 0) is 0 Å². The number of carbonyl (C=O) groups is 1. The molecule has 18 heavy (non-hydrogen) atoms. The van der Waals surface area contributed by atoms with E-state index in [4.69, 9.17) is 5.26 Å². The summed E-state index contributed by atoms with van der Waals surface area (Å²) in [4.78, 5) is 11.9. The zero-order valence-corrected chi connectivity index (χ0v) is 9.78. The Bertz CT molecular complexity index is 425. The molecule has 1 amide bonds. The van der Waals surface area contributed by atoms with Crippen LogP contribution in [0, 0.1) is 11.3 Å². The van der Waals surface area contributed by atoms with Crippen LogP contribution in [-0.4, -0.2) is 11.9 Å². The largest absolute Gasteiger partial charge is 0.349 e. The van der Waals surface area contributed by atoms with Gasteiger partial charge in [0.15, 0.2) is 0 Å². The summed E-state index contributed by atoms with van der Waals surface area (Å²) in [7, 11) is 0. The monoisotopic (exact) mass is 244 g/mol. The third-order valence-electron chi connectivity index (χ3n) is 3.22. The lowest BCUT2D eigenvalue weighted by molar-refractivity contribution is 0.0927. The van der Waals surface area contributed by atoms with E-state index >= 15 is 0 Å². The maximum absolute atomic E-state index is 11.9. The first-order chi connectivity index (χ1) is 8.29. The Labute approximate surface area is 109 Å². The van der Waals surface area contributed by atoms with Crippen molar-refractivity contribution in [3.63, 3.8) is 0 Å². The Kier molecular flexibility index (Phi) is 5.38. The second-order valence-electron chi connectivity index (χ2n) is 4.50. The molecule has 0 bridgehead atoms. The van der Waals surface area contributed by atoms with Gasteiger partial charge < -0.3 is 5.32 Å². The lowest BCUT2D eigenvalue weighted by atomic mass is 9.95. The Morgan fingerprint density at radius 2 is 1.78 bits per heavy atom. The van der Waals surface area contributed by atoms with Crippen LogP contribution in [0.15, 0.2) is 24.3 Å². The van der Waals surface area contributed by atoms with Crippen molar-refractivity contribution >= 4 is 5.91 Å². The second kappa shape index (κ2) is 6.80. The molecular formula is C15H20N2O. The maximum Gasteiger partial charge on any atom is 0.251 e. The van der Waals surface area contributed by atoms with Crippen molar-refractivity contribution in [3.05, 3.63) is 35.4 Å². The Morgan fingerprint density at radius 3 is 2.33 bits per heavy atom. The lowest BCUT2D eigenvalue weighted by Crippen LogP contribution is -2.36. The molecule has 2 rings (SSSR count). The molecule has 3 nitrogen and oxygen atoms in total. The maximum atomic E-state index is 11.9. The van der Waals surface area contributed by atoms with E-state index in [1.165, 1.54) is 19.3 Å². The van der Waals surface area contributed by atoms with E-state index in [1.54, 1.807) is 24.3 Å². The molecule has 1 fully saturated rings. The minimum atomic E-state index is -0.0265. The van der Waals surface area contributed by atoms with Crippen molar-refractivity contribution in [2.75, 3.05) is 0 Å². The molecule has 0 atom stereocenters. The standard InChI is InChI=1S/C14H16N2O.CH4/c15-10-11-6-8-12(9-7-11)14(17)16-13-4-2-1-3-5-13;/h6-9,13H,1-5H2,(H,16,17);1H4. The van der Waals surface area contributed by atoms with Gasteiger partial charge >= 0.3 is 0 Å². The molecule has 0 radical (unpaired) electrons. The molecule has 0 spiro atoms. The molecule has 1 aliphatic carbocycles. The van der Waals surface area contributed by atoms with E-state index in [9.17, 15) is 4.79 Å². The summed E-state index contributed by atoms with van der Waals surface area (Å²) < 4.78 is 0. The van der Waals surface area contributed by atoms with Crippen LogP contribution < -0.4 is 5.32 Å². The highest BCUT2D eigenvalue weighted by Gasteiger charge is 2.16. The molecule has 1 saturated carbocycles. The van der Waals surface area contributed by atoms with Crippen molar-refractivity contribution in [1.82, 2.24) is 5.32 Å². The highest BCUT2D eigenvalue weighted by Crippen LogP contribution is 2.17. The summed E-state index contributed by atoms with van der Waals surface area (Å²) in [5.41, 5.74) is 1.22. The van der Waals surface area contributed by atoms with Gasteiger partial charge in [0.2, 0.25) is 0 Å². The second-order valence-corrected chi connectivity index (χ2v) is 4.50. The number of nitrogens with zero attached hydrogens (tertiary/aromatic N) is 1. The predicted octanol–water partition coefficient (Wildman–Crippen LogP) is 3.26. The van der Waals surface area contributed by atoms with Gasteiger partial charge in [-0.3, -0.25) is 4.79 Å². The van der Waals surface area contributed by atoms with Gasteiger partial charge in [-0.2, -0.15) is 5.26 Å². The molecule has 1 aromatic carbocycles. The SMILES string of the molecule is C.N#Cc1ccc(C(=O)NC2CCCCC2)cc1. The zero-order valence-electron chi connectivity index (χ0n) is 9.78. The highest BCUT2D eigenvalue weighted by atomic mass is 16.1. The number of hydrogen-bond acceptors (Lipinski definition) is 2. The van der Waals surface area contributed by atoms with E-state index in [1.807, 2.05) is 6.07 Å².